The Morgan fingerprint density at radius 2 is 1.66 bits per heavy atom. The number of carbonyl (C=O) groups is 3. The van der Waals surface area contributed by atoms with Crippen LogP contribution in [0.3, 0.4) is 0 Å². The first kappa shape index (κ1) is 26.3. The normalized spacial score (nSPS) is 35.6. The summed E-state index contributed by atoms with van der Waals surface area (Å²) in [6.45, 7) is -0.576. The fourth-order valence-corrected chi connectivity index (χ4v) is 5.22. The van der Waals surface area contributed by atoms with Crippen molar-refractivity contribution in [2.24, 2.45) is 0 Å². The first-order chi connectivity index (χ1) is 17.9. The van der Waals surface area contributed by atoms with E-state index in [0.717, 1.165) is 6.07 Å². The number of aromatic hydroxyl groups is 2. The van der Waals surface area contributed by atoms with E-state index >= 15 is 0 Å². The summed E-state index contributed by atoms with van der Waals surface area (Å²) >= 11 is 0. The second-order valence-electron chi connectivity index (χ2n) is 9.05. The number of ether oxygens (including phenoxy) is 7. The highest BCUT2D eigenvalue weighted by atomic mass is 16.7. The number of phenols is 2. The van der Waals surface area contributed by atoms with Gasteiger partial charge in [0.15, 0.2) is 23.9 Å². The number of fused-ring (bicyclic) bond motifs is 1. The first-order valence-electron chi connectivity index (χ1n) is 11.2. The van der Waals surface area contributed by atoms with Gasteiger partial charge in [0.2, 0.25) is 11.5 Å². The van der Waals surface area contributed by atoms with Crippen LogP contribution in [0.2, 0.25) is 0 Å². The molecule has 7 atom stereocenters. The zero-order valence-electron chi connectivity index (χ0n) is 20.1. The molecule has 0 aromatic heterocycles. The Morgan fingerprint density at radius 3 is 2.29 bits per heavy atom. The van der Waals surface area contributed by atoms with E-state index in [1.807, 2.05) is 0 Å². The maximum absolute atomic E-state index is 13.5. The second kappa shape index (κ2) is 8.88. The van der Waals surface area contributed by atoms with Crippen molar-refractivity contribution in [1.29, 1.82) is 0 Å². The van der Waals surface area contributed by atoms with Gasteiger partial charge in [0.25, 0.3) is 11.6 Å². The summed E-state index contributed by atoms with van der Waals surface area (Å²) in [5, 5.41) is 53.0. The summed E-state index contributed by atoms with van der Waals surface area (Å²) in [6, 6.07) is 0.769. The van der Waals surface area contributed by atoms with Crippen LogP contribution in [0.15, 0.2) is 17.7 Å². The van der Waals surface area contributed by atoms with Crippen LogP contribution in [0, 0.1) is 0 Å². The molecule has 1 saturated heterocycles. The van der Waals surface area contributed by atoms with E-state index < -0.39 is 106 Å². The number of cyclic esters (lactones) is 1. The van der Waals surface area contributed by atoms with Gasteiger partial charge in [-0.15, -0.1) is 0 Å². The maximum atomic E-state index is 13.5. The fraction of sp³-hybridized carbons (Fsp3) is 0.522. The van der Waals surface area contributed by atoms with E-state index in [4.69, 9.17) is 33.2 Å². The lowest BCUT2D eigenvalue weighted by Gasteiger charge is -2.44. The maximum Gasteiger partial charge on any atom is 0.339 e. The molecular formula is C23H24O15. The molecule has 0 bridgehead atoms. The largest absolute Gasteiger partial charge is 0.504 e. The van der Waals surface area contributed by atoms with Crippen molar-refractivity contribution in [2.75, 3.05) is 27.9 Å². The van der Waals surface area contributed by atoms with E-state index in [0.29, 0.717) is 6.08 Å². The van der Waals surface area contributed by atoms with Gasteiger partial charge in [-0.2, -0.15) is 0 Å². The van der Waals surface area contributed by atoms with Gasteiger partial charge in [0.1, 0.15) is 24.9 Å². The van der Waals surface area contributed by atoms with E-state index in [1.54, 1.807) is 0 Å². The SMILES string of the molecule is COC1[C@@H](OC)OC2COC(=O)C3=CC(=O)C(O)(O)[C@@]4(O)Oc5c(O)c(O)cc(c5[C@@H]34)C(=O)O[C@H]2[C@@H]1OC. The molecule has 0 amide bonds. The Morgan fingerprint density at radius 1 is 0.974 bits per heavy atom. The van der Waals surface area contributed by atoms with Crippen molar-refractivity contribution in [3.8, 4) is 17.2 Å². The minimum absolute atomic E-state index is 0.474. The van der Waals surface area contributed by atoms with Crippen LogP contribution in [0.4, 0.5) is 0 Å². The molecular weight excluding hydrogens is 516 g/mol. The standard InChI is InChI=1S/C23H24O15/c1-32-17-15-10(36-21(34-3)18(17)33-2)6-35-19(27)8-5-11(25)22(29,30)23(31)13(8)12-7(20(28)37-15)4-9(24)14(26)16(12)38-23/h4-5,10,13,15,17-18,21,24,26,29-31H,6H2,1-3H3/t10?,13-,15-,17+,18?,21+,23+/m1/s1. The Hall–Kier alpha value is -3.31. The van der Waals surface area contributed by atoms with Gasteiger partial charge < -0.3 is 58.7 Å². The first-order valence-corrected chi connectivity index (χ1v) is 11.2. The molecule has 3 aliphatic heterocycles. The molecule has 206 valence electrons. The molecule has 0 radical (unpaired) electrons. The van der Waals surface area contributed by atoms with E-state index in [1.165, 1.54) is 21.3 Å². The smallest absolute Gasteiger partial charge is 0.339 e. The Bertz CT molecular complexity index is 1240. The monoisotopic (exact) mass is 540 g/mol. The van der Waals surface area contributed by atoms with Crippen molar-refractivity contribution < 1.29 is 73.1 Å². The molecule has 3 heterocycles. The van der Waals surface area contributed by atoms with Gasteiger partial charge in [-0.1, -0.05) is 0 Å². The predicted molar refractivity (Wildman–Crippen MR) is 116 cm³/mol. The third-order valence-electron chi connectivity index (χ3n) is 7.10. The van der Waals surface area contributed by atoms with Gasteiger partial charge in [-0.05, 0) is 12.1 Å². The number of ketones is 1. The van der Waals surface area contributed by atoms with E-state index in [9.17, 15) is 39.9 Å². The number of methoxy groups -OCH3 is 3. The Balaban J connectivity index is 1.72. The summed E-state index contributed by atoms with van der Waals surface area (Å²) in [4.78, 5) is 39.3. The van der Waals surface area contributed by atoms with Gasteiger partial charge in [0.05, 0.1) is 17.1 Å². The van der Waals surface area contributed by atoms with Crippen molar-refractivity contribution in [3.63, 3.8) is 0 Å². The highest BCUT2D eigenvalue weighted by molar-refractivity contribution is 6.07. The third-order valence-corrected chi connectivity index (χ3v) is 7.10. The zero-order valence-corrected chi connectivity index (χ0v) is 20.1. The van der Waals surface area contributed by atoms with Gasteiger partial charge in [-0.3, -0.25) is 4.79 Å². The number of benzene rings is 1. The van der Waals surface area contributed by atoms with Crippen LogP contribution < -0.4 is 4.74 Å². The fourth-order valence-electron chi connectivity index (χ4n) is 5.22. The molecule has 5 rings (SSSR count). The second-order valence-corrected chi connectivity index (χ2v) is 9.05. The van der Waals surface area contributed by atoms with Crippen LogP contribution in [-0.2, 0) is 38.0 Å². The molecule has 1 aromatic carbocycles. The van der Waals surface area contributed by atoms with Gasteiger partial charge in [-0.25, -0.2) is 9.59 Å². The predicted octanol–water partition coefficient (Wildman–Crippen LogP) is -2.06. The van der Waals surface area contributed by atoms with Crippen molar-refractivity contribution >= 4 is 17.7 Å². The van der Waals surface area contributed by atoms with Crippen molar-refractivity contribution in [2.45, 2.75) is 48.2 Å². The van der Waals surface area contributed by atoms with Crippen molar-refractivity contribution in [3.05, 3.63) is 28.8 Å². The average molecular weight is 540 g/mol. The summed E-state index contributed by atoms with van der Waals surface area (Å²) in [6.07, 6.45) is -4.95. The highest BCUT2D eigenvalue weighted by Crippen LogP contribution is 2.59. The summed E-state index contributed by atoms with van der Waals surface area (Å²) in [5.74, 6) is -15.6. The Labute approximate surface area is 213 Å². The number of aliphatic hydroxyl groups is 3. The minimum atomic E-state index is -3.64. The van der Waals surface area contributed by atoms with Crippen LogP contribution in [0.25, 0.3) is 0 Å². The minimum Gasteiger partial charge on any atom is -0.504 e. The topological polar surface area (TPSA) is 217 Å². The molecule has 1 fully saturated rings. The number of phenolic OH excluding ortho intramolecular Hbond substituents is 2. The lowest BCUT2D eigenvalue weighted by Crippen LogP contribution is -2.66. The van der Waals surface area contributed by atoms with Crippen LogP contribution >= 0.6 is 0 Å². The van der Waals surface area contributed by atoms with Gasteiger partial charge >= 0.3 is 11.9 Å². The summed E-state index contributed by atoms with van der Waals surface area (Å²) in [5.41, 5.74) is -1.65. The van der Waals surface area contributed by atoms with Crippen LogP contribution in [0.5, 0.6) is 17.2 Å². The number of rotatable bonds is 3. The third kappa shape index (κ3) is 3.44. The lowest BCUT2D eigenvalue weighted by molar-refractivity contribution is -0.323. The molecule has 4 aliphatic rings. The van der Waals surface area contributed by atoms with E-state index in [-0.39, 0.29) is 0 Å². The number of hydrogen-bond acceptors (Lipinski definition) is 15. The van der Waals surface area contributed by atoms with E-state index in [2.05, 4.69) is 0 Å². The summed E-state index contributed by atoms with van der Waals surface area (Å²) < 4.78 is 38.2. The molecule has 1 aromatic rings. The number of esters is 2. The molecule has 2 unspecified atom stereocenters. The molecule has 38 heavy (non-hydrogen) atoms. The average Bonchev–Trinajstić information content (AvgIpc) is 3.21. The highest BCUT2D eigenvalue weighted by Gasteiger charge is 2.70. The molecule has 15 nitrogen and oxygen atoms in total. The molecule has 0 spiro atoms. The number of hydrogen-bond donors (Lipinski definition) is 5. The quantitative estimate of drug-likeness (QED) is 0.158. The molecule has 1 aliphatic carbocycles. The molecule has 0 saturated carbocycles. The van der Waals surface area contributed by atoms with Crippen molar-refractivity contribution in [1.82, 2.24) is 0 Å². The van der Waals surface area contributed by atoms with Crippen LogP contribution in [0.1, 0.15) is 21.8 Å². The lowest BCUT2D eigenvalue weighted by atomic mass is 9.74. The summed E-state index contributed by atoms with van der Waals surface area (Å²) in [7, 11) is 3.97. The molecule has 5 N–H and O–H groups in total. The number of carbonyl (C=O) groups excluding carboxylic acids is 3. The molecule has 15 heteroatoms. The Kier molecular flexibility index (Phi) is 6.14. The van der Waals surface area contributed by atoms with Crippen LogP contribution in [-0.4, -0.2) is 113 Å². The van der Waals surface area contributed by atoms with Gasteiger partial charge in [0, 0.05) is 26.9 Å². The zero-order chi connectivity index (χ0) is 27.7.